The zero-order chi connectivity index (χ0) is 6.81. The summed E-state index contributed by atoms with van der Waals surface area (Å²) in [5, 5.41) is 2.62. The van der Waals surface area contributed by atoms with E-state index in [0.717, 1.165) is 0 Å². The predicted molar refractivity (Wildman–Crippen MR) is 43.9 cm³/mol. The van der Waals surface area contributed by atoms with Gasteiger partial charge in [-0.2, -0.15) is 0 Å². The molecule has 0 aromatic heterocycles. The molecule has 0 amide bonds. The largest absolute Gasteiger partial charge is 0.0616 e. The molecule has 0 saturated heterocycles. The molecule has 56 valence electrons. The molecule has 2 rings (SSSR count). The van der Waals surface area contributed by atoms with Crippen LogP contribution in [0, 0.1) is 0 Å². The van der Waals surface area contributed by atoms with Gasteiger partial charge in [0.05, 0.1) is 0 Å². The van der Waals surface area contributed by atoms with Crippen LogP contribution in [0.4, 0.5) is 0 Å². The molecule has 0 unspecified atom stereocenters. The minimum atomic E-state index is 0. The van der Waals surface area contributed by atoms with E-state index < -0.39 is 0 Å². The summed E-state index contributed by atoms with van der Waals surface area (Å²) in [5.41, 5.74) is 0. The Morgan fingerprint density at radius 1 is 0.545 bits per heavy atom. The first-order valence-electron chi connectivity index (χ1n) is 3.40. The Bertz CT molecular complexity index is 276. The van der Waals surface area contributed by atoms with E-state index >= 15 is 0 Å². The number of hydrogen-bond acceptors (Lipinski definition) is 0. The quantitative estimate of drug-likeness (QED) is 0.701. The van der Waals surface area contributed by atoms with Gasteiger partial charge < -0.3 is 0 Å². The summed E-state index contributed by atoms with van der Waals surface area (Å²) in [5.74, 6) is 0. The summed E-state index contributed by atoms with van der Waals surface area (Å²) in [6.07, 6.45) is 0. The van der Waals surface area contributed by atoms with Gasteiger partial charge in [0.25, 0.3) is 0 Å². The van der Waals surface area contributed by atoms with Gasteiger partial charge in [-0.3, -0.25) is 0 Å². The van der Waals surface area contributed by atoms with Crippen molar-refractivity contribution in [3.63, 3.8) is 0 Å². The van der Waals surface area contributed by atoms with Gasteiger partial charge in [0, 0.05) is 19.8 Å². The van der Waals surface area contributed by atoms with Crippen molar-refractivity contribution < 1.29 is 19.8 Å². The molecule has 0 fully saturated rings. The van der Waals surface area contributed by atoms with Crippen molar-refractivity contribution in [1.29, 1.82) is 0 Å². The SMILES string of the molecule is [Os].c1ccc2ccccc2c1. The molecule has 2 aromatic rings. The van der Waals surface area contributed by atoms with E-state index in [1.54, 1.807) is 0 Å². The van der Waals surface area contributed by atoms with E-state index in [1.165, 1.54) is 10.8 Å². The number of hydrogen-bond donors (Lipinski definition) is 0. The van der Waals surface area contributed by atoms with Crippen molar-refractivity contribution in [1.82, 2.24) is 0 Å². The maximum atomic E-state index is 2.12. The predicted octanol–water partition coefficient (Wildman–Crippen LogP) is 2.84. The van der Waals surface area contributed by atoms with E-state index in [4.69, 9.17) is 0 Å². The molecule has 0 atom stereocenters. The molecule has 1 heteroatoms. The third-order valence-corrected chi connectivity index (χ3v) is 1.66. The zero-order valence-corrected chi connectivity index (χ0v) is 8.51. The second-order valence-electron chi connectivity index (χ2n) is 2.35. The third kappa shape index (κ3) is 1.67. The number of rotatable bonds is 0. The zero-order valence-electron chi connectivity index (χ0n) is 5.97. The Labute approximate surface area is 79.3 Å². The van der Waals surface area contributed by atoms with Crippen molar-refractivity contribution in [3.05, 3.63) is 48.5 Å². The molecule has 0 aliphatic heterocycles. The van der Waals surface area contributed by atoms with E-state index in [9.17, 15) is 0 Å². The Kier molecular flexibility index (Phi) is 2.80. The molecule has 11 heavy (non-hydrogen) atoms. The van der Waals surface area contributed by atoms with Gasteiger partial charge in [0.1, 0.15) is 0 Å². The van der Waals surface area contributed by atoms with Crippen LogP contribution in [0.2, 0.25) is 0 Å². The minimum Gasteiger partial charge on any atom is -0.0616 e. The molecule has 0 aliphatic rings. The smallest absolute Gasteiger partial charge is 0 e. The molecule has 0 nitrogen and oxygen atoms in total. The van der Waals surface area contributed by atoms with Crippen LogP contribution in [-0.2, 0) is 19.8 Å². The van der Waals surface area contributed by atoms with E-state index in [1.807, 2.05) is 0 Å². The molecule has 0 aliphatic carbocycles. The molecule has 0 radical (unpaired) electrons. The fraction of sp³-hybridized carbons (Fsp3) is 0. The average Bonchev–Trinajstić information content (AvgIpc) is 2.05. The summed E-state index contributed by atoms with van der Waals surface area (Å²) in [6, 6.07) is 16.7. The van der Waals surface area contributed by atoms with Gasteiger partial charge in [0.2, 0.25) is 0 Å². The molecule has 0 saturated carbocycles. The van der Waals surface area contributed by atoms with Crippen LogP contribution < -0.4 is 0 Å². The van der Waals surface area contributed by atoms with Crippen molar-refractivity contribution in [2.45, 2.75) is 0 Å². The summed E-state index contributed by atoms with van der Waals surface area (Å²) >= 11 is 0. The summed E-state index contributed by atoms with van der Waals surface area (Å²) in [4.78, 5) is 0. The molecule has 2 aromatic carbocycles. The number of fused-ring (bicyclic) bond motifs is 1. The fourth-order valence-electron chi connectivity index (χ4n) is 1.13. The van der Waals surface area contributed by atoms with E-state index in [2.05, 4.69) is 48.5 Å². The van der Waals surface area contributed by atoms with Gasteiger partial charge in [0.15, 0.2) is 0 Å². The second-order valence-corrected chi connectivity index (χ2v) is 2.35. The van der Waals surface area contributed by atoms with Gasteiger partial charge in [-0.05, 0) is 10.8 Å². The van der Waals surface area contributed by atoms with Crippen LogP contribution in [-0.4, -0.2) is 0 Å². The van der Waals surface area contributed by atoms with Crippen molar-refractivity contribution in [2.75, 3.05) is 0 Å². The summed E-state index contributed by atoms with van der Waals surface area (Å²) < 4.78 is 0. The van der Waals surface area contributed by atoms with Gasteiger partial charge in [-0.25, -0.2) is 0 Å². The number of benzene rings is 2. The molecular formula is C10H8Os. The Balaban J connectivity index is 0.000000605. The van der Waals surface area contributed by atoms with Crippen molar-refractivity contribution >= 4 is 10.8 Å². The second kappa shape index (κ2) is 3.65. The maximum absolute atomic E-state index is 2.12. The maximum Gasteiger partial charge on any atom is 0 e. The topological polar surface area (TPSA) is 0 Å². The van der Waals surface area contributed by atoms with Crippen molar-refractivity contribution in [2.24, 2.45) is 0 Å². The van der Waals surface area contributed by atoms with Crippen LogP contribution in [0.25, 0.3) is 10.8 Å². The molecule has 0 N–H and O–H groups in total. The summed E-state index contributed by atoms with van der Waals surface area (Å²) in [6.45, 7) is 0. The average molecular weight is 318 g/mol. The van der Waals surface area contributed by atoms with Crippen LogP contribution >= 0.6 is 0 Å². The van der Waals surface area contributed by atoms with Gasteiger partial charge >= 0.3 is 0 Å². The first-order chi connectivity index (χ1) is 4.97. The third-order valence-electron chi connectivity index (χ3n) is 1.66. The van der Waals surface area contributed by atoms with Crippen LogP contribution in [0.1, 0.15) is 0 Å². The summed E-state index contributed by atoms with van der Waals surface area (Å²) in [7, 11) is 0. The van der Waals surface area contributed by atoms with Crippen LogP contribution in [0.15, 0.2) is 48.5 Å². The first kappa shape index (κ1) is 8.43. The molecule has 0 bridgehead atoms. The van der Waals surface area contributed by atoms with Crippen molar-refractivity contribution in [3.8, 4) is 0 Å². The molecule has 0 spiro atoms. The van der Waals surface area contributed by atoms with E-state index in [0.29, 0.717) is 0 Å². The molecule has 0 heterocycles. The normalized spacial score (nSPS) is 9.09. The Morgan fingerprint density at radius 2 is 0.818 bits per heavy atom. The fourth-order valence-corrected chi connectivity index (χ4v) is 1.13. The minimum absolute atomic E-state index is 0. The van der Waals surface area contributed by atoms with Crippen LogP contribution in [0.5, 0.6) is 0 Å². The monoisotopic (exact) mass is 320 g/mol. The standard InChI is InChI=1S/C10H8.Os/c1-2-6-10-8-4-3-7-9(10)5-1;/h1-8H;. The van der Waals surface area contributed by atoms with Crippen LogP contribution in [0.3, 0.4) is 0 Å². The Morgan fingerprint density at radius 3 is 1.09 bits per heavy atom. The Hall–Kier alpha value is -0.664. The van der Waals surface area contributed by atoms with E-state index in [-0.39, 0.29) is 19.8 Å². The van der Waals surface area contributed by atoms with Gasteiger partial charge in [-0.1, -0.05) is 48.5 Å². The molecular weight excluding hydrogens is 310 g/mol. The van der Waals surface area contributed by atoms with Gasteiger partial charge in [-0.15, -0.1) is 0 Å². The first-order valence-corrected chi connectivity index (χ1v) is 3.40.